The summed E-state index contributed by atoms with van der Waals surface area (Å²) >= 11 is 0. The smallest absolute Gasteiger partial charge is 0.119 e. The molecule has 0 aromatic heterocycles. The molecule has 1 aromatic rings. The standard InChI is InChI=1S/C27H46O/c1-3-5-7-8-10-13-25-19-21-27(22-20-25)28-23-11-14-26-17-15-24(16-18-26)12-9-6-4-2/h19-22,24,26H,3-18,23H2,1-2H3/t24-,26-. The van der Waals surface area contributed by atoms with Crippen molar-refractivity contribution in [1.29, 1.82) is 0 Å². The minimum absolute atomic E-state index is 0.882. The summed E-state index contributed by atoms with van der Waals surface area (Å²) in [6.07, 6.45) is 22.2. The first-order valence-electron chi connectivity index (χ1n) is 12.5. The molecule has 1 aliphatic rings. The predicted octanol–water partition coefficient (Wildman–Crippen LogP) is 8.75. The van der Waals surface area contributed by atoms with E-state index in [4.69, 9.17) is 4.74 Å². The lowest BCUT2D eigenvalue weighted by Crippen LogP contribution is -2.15. The van der Waals surface area contributed by atoms with E-state index in [9.17, 15) is 0 Å². The summed E-state index contributed by atoms with van der Waals surface area (Å²) in [6, 6.07) is 8.86. The molecular weight excluding hydrogens is 340 g/mol. The Morgan fingerprint density at radius 1 is 0.679 bits per heavy atom. The van der Waals surface area contributed by atoms with E-state index in [1.807, 2.05) is 0 Å². The zero-order valence-electron chi connectivity index (χ0n) is 18.9. The van der Waals surface area contributed by atoms with Crippen LogP contribution < -0.4 is 4.74 Å². The predicted molar refractivity (Wildman–Crippen MR) is 123 cm³/mol. The molecule has 1 aliphatic carbocycles. The lowest BCUT2D eigenvalue weighted by Gasteiger charge is -2.28. The first-order chi connectivity index (χ1) is 13.8. The van der Waals surface area contributed by atoms with Gasteiger partial charge in [-0.25, -0.2) is 0 Å². The molecule has 0 amide bonds. The highest BCUT2D eigenvalue weighted by Gasteiger charge is 2.20. The molecule has 0 saturated heterocycles. The average Bonchev–Trinajstić information content (AvgIpc) is 2.73. The van der Waals surface area contributed by atoms with Gasteiger partial charge in [0.05, 0.1) is 6.61 Å². The highest BCUT2D eigenvalue weighted by molar-refractivity contribution is 5.27. The number of rotatable bonds is 15. The number of aryl methyl sites for hydroxylation is 1. The first kappa shape index (κ1) is 23.3. The van der Waals surface area contributed by atoms with Crippen molar-refractivity contribution in [3.8, 4) is 5.75 Å². The number of benzene rings is 1. The molecule has 1 saturated carbocycles. The van der Waals surface area contributed by atoms with Crippen molar-refractivity contribution in [2.24, 2.45) is 11.8 Å². The third-order valence-corrected chi connectivity index (χ3v) is 6.70. The maximum absolute atomic E-state index is 6.00. The van der Waals surface area contributed by atoms with E-state index in [0.717, 1.165) is 24.2 Å². The number of unbranched alkanes of at least 4 members (excludes halogenated alkanes) is 6. The van der Waals surface area contributed by atoms with Crippen molar-refractivity contribution in [2.45, 2.75) is 117 Å². The van der Waals surface area contributed by atoms with Crippen LogP contribution in [0.25, 0.3) is 0 Å². The topological polar surface area (TPSA) is 9.23 Å². The second kappa shape index (κ2) is 14.9. The van der Waals surface area contributed by atoms with Crippen molar-refractivity contribution in [3.63, 3.8) is 0 Å². The fourth-order valence-electron chi connectivity index (χ4n) is 4.74. The maximum Gasteiger partial charge on any atom is 0.119 e. The Kier molecular flexibility index (Phi) is 12.4. The van der Waals surface area contributed by atoms with Gasteiger partial charge in [-0.1, -0.05) is 103 Å². The third-order valence-electron chi connectivity index (χ3n) is 6.70. The van der Waals surface area contributed by atoms with Crippen molar-refractivity contribution < 1.29 is 4.74 Å². The number of ether oxygens (including phenoxy) is 1. The summed E-state index contributed by atoms with van der Waals surface area (Å²) < 4.78 is 6.00. The Balaban J connectivity index is 1.50. The van der Waals surface area contributed by atoms with Crippen molar-refractivity contribution >= 4 is 0 Å². The van der Waals surface area contributed by atoms with Crippen LogP contribution in [0.2, 0.25) is 0 Å². The van der Waals surface area contributed by atoms with Gasteiger partial charge in [0, 0.05) is 0 Å². The third kappa shape index (κ3) is 9.99. The molecule has 0 unspecified atom stereocenters. The number of hydrogen-bond donors (Lipinski definition) is 0. The van der Waals surface area contributed by atoms with Crippen LogP contribution in [0.4, 0.5) is 0 Å². The SMILES string of the molecule is CCCCCCCc1ccc(OCCC[C@H]2CC[C@H](CCCCC)CC2)cc1. The Morgan fingerprint density at radius 2 is 1.25 bits per heavy atom. The minimum atomic E-state index is 0.882. The molecule has 0 heterocycles. The molecule has 160 valence electrons. The largest absolute Gasteiger partial charge is 0.494 e. The quantitative estimate of drug-likeness (QED) is 0.274. The van der Waals surface area contributed by atoms with Gasteiger partial charge < -0.3 is 4.74 Å². The normalized spacial score (nSPS) is 19.6. The fraction of sp³-hybridized carbons (Fsp3) is 0.778. The zero-order chi connectivity index (χ0) is 19.9. The summed E-state index contributed by atoms with van der Waals surface area (Å²) in [5.41, 5.74) is 1.46. The van der Waals surface area contributed by atoms with Gasteiger partial charge in [0.25, 0.3) is 0 Å². The fourth-order valence-corrected chi connectivity index (χ4v) is 4.74. The number of hydrogen-bond acceptors (Lipinski definition) is 1. The van der Waals surface area contributed by atoms with Gasteiger partial charge in [-0.05, 0) is 55.2 Å². The van der Waals surface area contributed by atoms with Gasteiger partial charge in [0.2, 0.25) is 0 Å². The van der Waals surface area contributed by atoms with Crippen LogP contribution >= 0.6 is 0 Å². The molecule has 0 N–H and O–H groups in total. The minimum Gasteiger partial charge on any atom is -0.494 e. The molecule has 28 heavy (non-hydrogen) atoms. The molecule has 1 aromatic carbocycles. The molecule has 0 bridgehead atoms. The lowest BCUT2D eigenvalue weighted by atomic mass is 9.78. The van der Waals surface area contributed by atoms with Crippen molar-refractivity contribution in [2.75, 3.05) is 6.61 Å². The summed E-state index contributed by atoms with van der Waals surface area (Å²) in [4.78, 5) is 0. The first-order valence-corrected chi connectivity index (χ1v) is 12.5. The molecule has 1 nitrogen and oxygen atoms in total. The molecule has 1 fully saturated rings. The molecule has 0 aliphatic heterocycles. The zero-order valence-corrected chi connectivity index (χ0v) is 18.9. The lowest BCUT2D eigenvalue weighted by molar-refractivity contribution is 0.228. The van der Waals surface area contributed by atoms with E-state index in [0.29, 0.717) is 0 Å². The molecule has 2 rings (SSSR count). The van der Waals surface area contributed by atoms with Gasteiger partial charge in [-0.15, -0.1) is 0 Å². The van der Waals surface area contributed by atoms with Gasteiger partial charge in [-0.2, -0.15) is 0 Å². The second-order valence-electron chi connectivity index (χ2n) is 9.18. The van der Waals surface area contributed by atoms with Crippen LogP contribution in [0.3, 0.4) is 0 Å². The highest BCUT2D eigenvalue weighted by atomic mass is 16.5. The molecule has 0 atom stereocenters. The van der Waals surface area contributed by atoms with Crippen LogP contribution in [0, 0.1) is 11.8 Å². The Morgan fingerprint density at radius 3 is 1.89 bits per heavy atom. The average molecular weight is 387 g/mol. The second-order valence-corrected chi connectivity index (χ2v) is 9.18. The van der Waals surface area contributed by atoms with E-state index in [-0.39, 0.29) is 0 Å². The molecule has 1 heteroatoms. The van der Waals surface area contributed by atoms with E-state index in [2.05, 4.69) is 38.1 Å². The van der Waals surface area contributed by atoms with Gasteiger partial charge in [0.1, 0.15) is 5.75 Å². The molecule has 0 radical (unpaired) electrons. The van der Waals surface area contributed by atoms with Crippen molar-refractivity contribution in [1.82, 2.24) is 0 Å². The Bertz CT molecular complexity index is 470. The summed E-state index contributed by atoms with van der Waals surface area (Å²) in [5, 5.41) is 0. The van der Waals surface area contributed by atoms with Crippen LogP contribution in [0.5, 0.6) is 5.75 Å². The Hall–Kier alpha value is -0.980. The summed E-state index contributed by atoms with van der Waals surface area (Å²) in [6.45, 7) is 5.47. The van der Waals surface area contributed by atoms with Crippen LogP contribution in [-0.2, 0) is 6.42 Å². The van der Waals surface area contributed by atoms with E-state index >= 15 is 0 Å². The summed E-state index contributed by atoms with van der Waals surface area (Å²) in [5.74, 6) is 3.04. The highest BCUT2D eigenvalue weighted by Crippen LogP contribution is 2.34. The summed E-state index contributed by atoms with van der Waals surface area (Å²) in [7, 11) is 0. The van der Waals surface area contributed by atoms with E-state index in [1.54, 1.807) is 0 Å². The van der Waals surface area contributed by atoms with E-state index < -0.39 is 0 Å². The van der Waals surface area contributed by atoms with Crippen molar-refractivity contribution in [3.05, 3.63) is 29.8 Å². The van der Waals surface area contributed by atoms with E-state index in [1.165, 1.54) is 108 Å². The van der Waals surface area contributed by atoms with Crippen LogP contribution in [-0.4, -0.2) is 6.61 Å². The Labute approximate surface area is 175 Å². The van der Waals surface area contributed by atoms with Gasteiger partial charge >= 0.3 is 0 Å². The van der Waals surface area contributed by atoms with Gasteiger partial charge in [-0.3, -0.25) is 0 Å². The van der Waals surface area contributed by atoms with Gasteiger partial charge in [0.15, 0.2) is 0 Å². The molecular formula is C27H46O. The monoisotopic (exact) mass is 386 g/mol. The van der Waals surface area contributed by atoms with Crippen LogP contribution in [0.1, 0.15) is 116 Å². The van der Waals surface area contributed by atoms with Crippen LogP contribution in [0.15, 0.2) is 24.3 Å². The maximum atomic E-state index is 6.00. The molecule has 0 spiro atoms.